The number of nitrogens with zero attached hydrogens (tertiary/aromatic N) is 2. The van der Waals surface area contributed by atoms with Crippen LogP contribution in [0.3, 0.4) is 0 Å². The minimum absolute atomic E-state index is 0.213. The molecule has 0 amide bonds. The van der Waals surface area contributed by atoms with Crippen LogP contribution >= 0.6 is 0 Å². The van der Waals surface area contributed by atoms with E-state index in [1.54, 1.807) is 0 Å². The van der Waals surface area contributed by atoms with Crippen molar-refractivity contribution in [3.05, 3.63) is 12.0 Å². The highest BCUT2D eigenvalue weighted by Gasteiger charge is 2.06. The molecule has 0 aromatic carbocycles. The Morgan fingerprint density at radius 1 is 1.73 bits per heavy atom. The van der Waals surface area contributed by atoms with Gasteiger partial charge in [0.05, 0.1) is 6.21 Å². The summed E-state index contributed by atoms with van der Waals surface area (Å²) in [6, 6.07) is 0.213. The predicted octanol–water partition coefficient (Wildman–Crippen LogP) is 0.516. The molecule has 0 saturated carbocycles. The Labute approximate surface area is 64.7 Å². The van der Waals surface area contributed by atoms with Gasteiger partial charge in [-0.3, -0.25) is 0 Å². The highest BCUT2D eigenvalue weighted by molar-refractivity contribution is 5.71. The van der Waals surface area contributed by atoms with E-state index in [2.05, 4.69) is 16.0 Å². The summed E-state index contributed by atoms with van der Waals surface area (Å²) in [5.41, 5.74) is 5.22. The van der Waals surface area contributed by atoms with Crippen LogP contribution in [0.1, 0.15) is 13.8 Å². The third kappa shape index (κ3) is 2.55. The Kier molecular flexibility index (Phi) is 2.43. The summed E-state index contributed by atoms with van der Waals surface area (Å²) in [4.78, 5) is 0. The van der Waals surface area contributed by atoms with Gasteiger partial charge in [0.2, 0.25) is 5.95 Å². The molecule has 1 aliphatic heterocycles. The zero-order chi connectivity index (χ0) is 8.27. The monoisotopic (exact) mass is 158 g/mol. The van der Waals surface area contributed by atoms with Crippen molar-refractivity contribution in [3.8, 4) is 0 Å². The second-order valence-electron chi connectivity index (χ2n) is 2.49. The van der Waals surface area contributed by atoms with Crippen LogP contribution in [-0.2, 0) is 0 Å². The van der Waals surface area contributed by atoms with Crippen molar-refractivity contribution in [2.75, 3.05) is 0 Å². The quantitative estimate of drug-likeness (QED) is 0.575. The minimum Gasteiger partial charge on any atom is -0.242 e. The molecule has 0 aromatic rings. The average Bonchev–Trinajstić information content (AvgIpc) is 1.85. The Bertz CT molecular complexity index is 187. The lowest BCUT2D eigenvalue weighted by molar-refractivity contribution is 0.105. The molecule has 0 unspecified atom stereocenters. The molecule has 0 aromatic heterocycles. The lowest BCUT2D eigenvalue weighted by Crippen LogP contribution is -2.47. The Balaban J connectivity index is 2.40. The van der Waals surface area contributed by atoms with Crippen LogP contribution in [0.2, 0.25) is 0 Å². The molecule has 1 aliphatic rings. The maximum Gasteiger partial charge on any atom is 0.209 e. The SMILES string of the molecule is CC(C)NN1N=CC=C(F)N1. The summed E-state index contributed by atoms with van der Waals surface area (Å²) >= 11 is 0. The van der Waals surface area contributed by atoms with Crippen molar-refractivity contribution in [2.45, 2.75) is 19.9 Å². The maximum atomic E-state index is 12.5. The first-order valence-electron chi connectivity index (χ1n) is 3.41. The fourth-order valence-electron chi connectivity index (χ4n) is 0.643. The van der Waals surface area contributed by atoms with E-state index in [0.717, 1.165) is 0 Å². The summed E-state index contributed by atoms with van der Waals surface area (Å²) in [5.74, 6) is -0.423. The van der Waals surface area contributed by atoms with Crippen LogP contribution in [0.4, 0.5) is 4.39 Å². The van der Waals surface area contributed by atoms with Gasteiger partial charge in [-0.1, -0.05) is 0 Å². The van der Waals surface area contributed by atoms with Gasteiger partial charge >= 0.3 is 0 Å². The molecule has 0 atom stereocenters. The summed E-state index contributed by atoms with van der Waals surface area (Å²) < 4.78 is 12.5. The molecule has 0 bridgehead atoms. The Morgan fingerprint density at radius 3 is 3.00 bits per heavy atom. The predicted molar refractivity (Wildman–Crippen MR) is 40.9 cm³/mol. The van der Waals surface area contributed by atoms with Gasteiger partial charge in [0.1, 0.15) is 0 Å². The molecule has 0 saturated heterocycles. The summed E-state index contributed by atoms with van der Waals surface area (Å²) in [6.45, 7) is 3.88. The van der Waals surface area contributed by atoms with Crippen LogP contribution in [0.25, 0.3) is 0 Å². The van der Waals surface area contributed by atoms with Crippen molar-refractivity contribution < 1.29 is 4.39 Å². The van der Waals surface area contributed by atoms with Crippen molar-refractivity contribution in [1.82, 2.24) is 16.1 Å². The zero-order valence-corrected chi connectivity index (χ0v) is 6.50. The maximum absolute atomic E-state index is 12.5. The lowest BCUT2D eigenvalue weighted by Gasteiger charge is -2.23. The number of hydrazine groups is 2. The van der Waals surface area contributed by atoms with Crippen molar-refractivity contribution in [1.29, 1.82) is 0 Å². The molecular formula is C6H11FN4. The molecule has 1 heterocycles. The molecule has 62 valence electrons. The third-order valence-corrected chi connectivity index (χ3v) is 0.996. The number of hydrogen-bond donors (Lipinski definition) is 2. The van der Waals surface area contributed by atoms with E-state index in [1.807, 2.05) is 13.8 Å². The largest absolute Gasteiger partial charge is 0.242 e. The van der Waals surface area contributed by atoms with Gasteiger partial charge in [-0.25, -0.2) is 5.43 Å². The van der Waals surface area contributed by atoms with Gasteiger partial charge < -0.3 is 0 Å². The van der Waals surface area contributed by atoms with Gasteiger partial charge in [0.25, 0.3) is 0 Å². The van der Waals surface area contributed by atoms with E-state index in [4.69, 9.17) is 0 Å². The first-order chi connectivity index (χ1) is 5.18. The lowest BCUT2D eigenvalue weighted by atomic mass is 10.4. The summed E-state index contributed by atoms with van der Waals surface area (Å²) in [5, 5.41) is 5.03. The topological polar surface area (TPSA) is 39.7 Å². The third-order valence-electron chi connectivity index (χ3n) is 0.996. The van der Waals surface area contributed by atoms with Crippen LogP contribution in [0, 0.1) is 0 Å². The minimum atomic E-state index is -0.423. The number of rotatable bonds is 2. The average molecular weight is 158 g/mol. The fraction of sp³-hybridized carbons (Fsp3) is 0.500. The smallest absolute Gasteiger partial charge is 0.209 e. The highest BCUT2D eigenvalue weighted by Crippen LogP contribution is 1.96. The van der Waals surface area contributed by atoms with Crippen LogP contribution < -0.4 is 10.9 Å². The molecule has 1 rings (SSSR count). The van der Waals surface area contributed by atoms with Gasteiger partial charge in [0, 0.05) is 12.1 Å². The Hall–Kier alpha value is -1.10. The van der Waals surface area contributed by atoms with Gasteiger partial charge in [0.15, 0.2) is 0 Å². The molecule has 0 spiro atoms. The van der Waals surface area contributed by atoms with Crippen molar-refractivity contribution in [3.63, 3.8) is 0 Å². The normalized spacial score (nSPS) is 16.7. The van der Waals surface area contributed by atoms with Crippen molar-refractivity contribution >= 4 is 6.21 Å². The van der Waals surface area contributed by atoms with E-state index in [0.29, 0.717) is 0 Å². The molecule has 0 aliphatic carbocycles. The summed E-state index contributed by atoms with van der Waals surface area (Å²) in [7, 11) is 0. The molecule has 0 radical (unpaired) electrons. The van der Waals surface area contributed by atoms with E-state index in [-0.39, 0.29) is 6.04 Å². The van der Waals surface area contributed by atoms with Gasteiger partial charge in [-0.15, -0.1) is 10.3 Å². The van der Waals surface area contributed by atoms with Crippen LogP contribution in [0.5, 0.6) is 0 Å². The molecule has 0 fully saturated rings. The number of nitrogens with one attached hydrogen (secondary N) is 2. The molecular weight excluding hydrogens is 147 g/mol. The van der Waals surface area contributed by atoms with Crippen LogP contribution in [-0.4, -0.2) is 17.5 Å². The second-order valence-corrected chi connectivity index (χ2v) is 2.49. The molecule has 4 nitrogen and oxygen atoms in total. The molecule has 2 N–H and O–H groups in total. The standard InChI is InChI=1S/C6H11FN4/c1-5(2)9-11-8-4-3-6(7)10-11/h3-5,9-10H,1-2H3. The van der Waals surface area contributed by atoms with E-state index in [9.17, 15) is 4.39 Å². The van der Waals surface area contributed by atoms with E-state index in [1.165, 1.54) is 17.5 Å². The van der Waals surface area contributed by atoms with Gasteiger partial charge in [-0.05, 0) is 13.8 Å². The number of allylic oxidation sites excluding steroid dienone is 1. The number of hydrogen-bond acceptors (Lipinski definition) is 4. The summed E-state index contributed by atoms with van der Waals surface area (Å²) in [6.07, 6.45) is 2.62. The van der Waals surface area contributed by atoms with Gasteiger partial charge in [-0.2, -0.15) is 9.82 Å². The number of hydrazone groups is 1. The first kappa shape index (κ1) is 8.00. The van der Waals surface area contributed by atoms with Crippen LogP contribution in [0.15, 0.2) is 17.1 Å². The molecule has 5 heteroatoms. The Morgan fingerprint density at radius 2 is 2.45 bits per heavy atom. The number of halogens is 1. The van der Waals surface area contributed by atoms with E-state index >= 15 is 0 Å². The fourth-order valence-corrected chi connectivity index (χ4v) is 0.643. The zero-order valence-electron chi connectivity index (χ0n) is 6.50. The first-order valence-corrected chi connectivity index (χ1v) is 3.41. The highest BCUT2D eigenvalue weighted by atomic mass is 19.1. The van der Waals surface area contributed by atoms with Crippen molar-refractivity contribution in [2.24, 2.45) is 5.10 Å². The second kappa shape index (κ2) is 3.34. The van der Waals surface area contributed by atoms with E-state index < -0.39 is 5.95 Å². The molecule has 11 heavy (non-hydrogen) atoms.